The predicted molar refractivity (Wildman–Crippen MR) is 148 cm³/mol. The maximum Gasteiger partial charge on any atom is 0.160 e. The summed E-state index contributed by atoms with van der Waals surface area (Å²) in [6.07, 6.45) is 3.36. The van der Waals surface area contributed by atoms with Crippen molar-refractivity contribution in [2.45, 2.75) is 20.8 Å². The Kier molecular flexibility index (Phi) is 6.62. The monoisotopic (exact) mass is 496 g/mol. The summed E-state index contributed by atoms with van der Waals surface area (Å²) >= 11 is 0. The molecule has 3 aromatic heterocycles. The molecule has 0 aliphatic carbocycles. The molecule has 0 fully saturated rings. The molecule has 9 heteroatoms. The van der Waals surface area contributed by atoms with Crippen molar-refractivity contribution in [3.05, 3.63) is 66.7 Å². The normalized spacial score (nSPS) is 11.6. The Morgan fingerprint density at radius 2 is 1.81 bits per heavy atom. The van der Waals surface area contributed by atoms with Crippen LogP contribution >= 0.6 is 0 Å². The molecule has 0 bridgehead atoms. The number of hydrogen-bond acceptors (Lipinski definition) is 8. The number of imidazole rings is 1. The Balaban J connectivity index is 1.40. The number of aryl methyl sites for hydroxylation is 2. The van der Waals surface area contributed by atoms with Crippen LogP contribution < -0.4 is 15.1 Å². The number of anilines is 3. The van der Waals surface area contributed by atoms with E-state index in [1.54, 1.807) is 12.7 Å². The minimum atomic E-state index is 0.485. The van der Waals surface area contributed by atoms with Gasteiger partial charge in [0.2, 0.25) is 0 Å². The molecule has 0 aliphatic rings. The molecule has 2 aromatic carbocycles. The van der Waals surface area contributed by atoms with Crippen LogP contribution in [0.2, 0.25) is 0 Å². The van der Waals surface area contributed by atoms with Crippen LogP contribution in [0.3, 0.4) is 0 Å². The second kappa shape index (κ2) is 10.0. The van der Waals surface area contributed by atoms with Gasteiger partial charge in [-0.2, -0.15) is 0 Å². The van der Waals surface area contributed by atoms with Crippen molar-refractivity contribution >= 4 is 39.4 Å². The third kappa shape index (κ3) is 5.17. The summed E-state index contributed by atoms with van der Waals surface area (Å²) in [5.74, 6) is 3.53. The first-order valence-corrected chi connectivity index (χ1v) is 12.3. The summed E-state index contributed by atoms with van der Waals surface area (Å²) in [7, 11) is 6.03. The van der Waals surface area contributed by atoms with Crippen LogP contribution in [0.15, 0.2) is 61.2 Å². The summed E-state index contributed by atoms with van der Waals surface area (Å²) in [5.41, 5.74) is 5.36. The number of pyridine rings is 1. The van der Waals surface area contributed by atoms with Gasteiger partial charge in [0.15, 0.2) is 5.82 Å². The molecule has 9 nitrogen and oxygen atoms in total. The highest BCUT2D eigenvalue weighted by Crippen LogP contribution is 2.31. The molecule has 190 valence electrons. The standard InChI is InChI=1S/C28H32N8O/c1-18(2)15-36(34(4)5)26-12-9-22-27(33-26)28(30-16-29-22)32-20-7-11-25(19(3)13-20)37-21-8-10-24-23(14-21)31-17-35(24)6/h7-14,16-18H,15H2,1-6H3,(H,29,30,32). The molecule has 0 atom stereocenters. The highest BCUT2D eigenvalue weighted by atomic mass is 16.5. The Labute approximate surface area is 216 Å². The van der Waals surface area contributed by atoms with E-state index in [9.17, 15) is 0 Å². The Hall–Kier alpha value is -4.24. The zero-order valence-corrected chi connectivity index (χ0v) is 22.1. The average molecular weight is 497 g/mol. The lowest BCUT2D eigenvalue weighted by Gasteiger charge is -2.31. The SMILES string of the molecule is Cc1cc(Nc2ncnc3ccc(N(CC(C)C)N(C)C)nc23)ccc1Oc1ccc2c(c1)ncn2C. The second-order valence-electron chi connectivity index (χ2n) is 9.80. The summed E-state index contributed by atoms with van der Waals surface area (Å²) in [4.78, 5) is 18.3. The zero-order chi connectivity index (χ0) is 26.1. The second-order valence-corrected chi connectivity index (χ2v) is 9.80. The number of rotatable bonds is 8. The van der Waals surface area contributed by atoms with Gasteiger partial charge in [0.25, 0.3) is 0 Å². The molecule has 3 heterocycles. The third-order valence-electron chi connectivity index (χ3n) is 6.11. The lowest BCUT2D eigenvalue weighted by molar-refractivity contribution is 0.345. The number of nitrogens with one attached hydrogen (secondary N) is 1. The van der Waals surface area contributed by atoms with E-state index in [4.69, 9.17) is 9.72 Å². The summed E-state index contributed by atoms with van der Waals surface area (Å²) in [6.45, 7) is 7.27. The molecule has 5 aromatic rings. The van der Waals surface area contributed by atoms with Crippen LogP contribution in [-0.4, -0.2) is 50.2 Å². The van der Waals surface area contributed by atoms with Crippen LogP contribution in [0, 0.1) is 12.8 Å². The Morgan fingerprint density at radius 1 is 0.973 bits per heavy atom. The number of hydrazine groups is 1. The Bertz CT molecular complexity index is 1560. The van der Waals surface area contributed by atoms with Gasteiger partial charge in [0, 0.05) is 39.4 Å². The van der Waals surface area contributed by atoms with E-state index in [2.05, 4.69) is 44.1 Å². The minimum Gasteiger partial charge on any atom is -0.457 e. The van der Waals surface area contributed by atoms with E-state index < -0.39 is 0 Å². The molecule has 5 rings (SSSR count). The van der Waals surface area contributed by atoms with Crippen LogP contribution in [-0.2, 0) is 7.05 Å². The van der Waals surface area contributed by atoms with Crippen LogP contribution in [0.1, 0.15) is 19.4 Å². The van der Waals surface area contributed by atoms with Crippen molar-refractivity contribution < 1.29 is 4.74 Å². The Morgan fingerprint density at radius 3 is 2.57 bits per heavy atom. The average Bonchev–Trinajstić information content (AvgIpc) is 3.24. The summed E-state index contributed by atoms with van der Waals surface area (Å²) < 4.78 is 8.16. The first kappa shape index (κ1) is 24.5. The molecule has 1 N–H and O–H groups in total. The van der Waals surface area contributed by atoms with E-state index in [1.165, 1.54) is 0 Å². The first-order valence-electron chi connectivity index (χ1n) is 12.3. The van der Waals surface area contributed by atoms with Gasteiger partial charge < -0.3 is 14.6 Å². The van der Waals surface area contributed by atoms with E-state index in [0.29, 0.717) is 11.7 Å². The van der Waals surface area contributed by atoms with Crippen LogP contribution in [0.25, 0.3) is 22.1 Å². The van der Waals surface area contributed by atoms with Gasteiger partial charge in [0.1, 0.15) is 29.2 Å². The predicted octanol–water partition coefficient (Wildman–Crippen LogP) is 5.69. The zero-order valence-electron chi connectivity index (χ0n) is 22.1. The largest absolute Gasteiger partial charge is 0.457 e. The van der Waals surface area contributed by atoms with E-state index in [1.807, 2.05) is 81.2 Å². The number of hydrogen-bond donors (Lipinski definition) is 1. The maximum absolute atomic E-state index is 6.17. The fourth-order valence-electron chi connectivity index (χ4n) is 4.26. The molecule has 37 heavy (non-hydrogen) atoms. The highest BCUT2D eigenvalue weighted by Gasteiger charge is 2.15. The first-order chi connectivity index (χ1) is 17.8. The van der Waals surface area contributed by atoms with Crippen molar-refractivity contribution in [3.8, 4) is 11.5 Å². The molecule has 0 aliphatic heterocycles. The number of aromatic nitrogens is 5. The van der Waals surface area contributed by atoms with Gasteiger partial charge in [-0.15, -0.1) is 0 Å². The van der Waals surface area contributed by atoms with Gasteiger partial charge >= 0.3 is 0 Å². The number of fused-ring (bicyclic) bond motifs is 2. The molecule has 0 amide bonds. The number of ether oxygens (including phenoxy) is 1. The van der Waals surface area contributed by atoms with Gasteiger partial charge in [0.05, 0.1) is 22.9 Å². The fraction of sp³-hybridized carbons (Fsp3) is 0.286. The maximum atomic E-state index is 6.17. The highest BCUT2D eigenvalue weighted by molar-refractivity contribution is 5.88. The molecule has 0 radical (unpaired) electrons. The van der Waals surface area contributed by atoms with Gasteiger partial charge in [-0.25, -0.2) is 24.9 Å². The molecule has 0 saturated heterocycles. The molecular weight excluding hydrogens is 464 g/mol. The van der Waals surface area contributed by atoms with E-state index in [-0.39, 0.29) is 0 Å². The number of nitrogens with zero attached hydrogens (tertiary/aromatic N) is 7. The minimum absolute atomic E-state index is 0.485. The van der Waals surface area contributed by atoms with Crippen molar-refractivity contribution in [2.75, 3.05) is 31.0 Å². The van der Waals surface area contributed by atoms with Gasteiger partial charge in [-0.3, -0.25) is 5.01 Å². The van der Waals surface area contributed by atoms with Gasteiger partial charge in [-0.1, -0.05) is 13.8 Å². The number of benzene rings is 2. The smallest absolute Gasteiger partial charge is 0.160 e. The summed E-state index contributed by atoms with van der Waals surface area (Å²) in [5, 5.41) is 7.63. The van der Waals surface area contributed by atoms with Crippen molar-refractivity contribution in [1.29, 1.82) is 0 Å². The van der Waals surface area contributed by atoms with Crippen molar-refractivity contribution in [3.63, 3.8) is 0 Å². The lowest BCUT2D eigenvalue weighted by atomic mass is 10.2. The van der Waals surface area contributed by atoms with Crippen molar-refractivity contribution in [2.24, 2.45) is 13.0 Å². The van der Waals surface area contributed by atoms with Crippen LogP contribution in [0.5, 0.6) is 11.5 Å². The lowest BCUT2D eigenvalue weighted by Crippen LogP contribution is -2.40. The third-order valence-corrected chi connectivity index (χ3v) is 6.11. The van der Waals surface area contributed by atoms with Gasteiger partial charge in [-0.05, 0) is 60.9 Å². The van der Waals surface area contributed by atoms with E-state index >= 15 is 0 Å². The molecule has 0 spiro atoms. The van der Waals surface area contributed by atoms with Crippen molar-refractivity contribution in [1.82, 2.24) is 29.5 Å². The quantitative estimate of drug-likeness (QED) is 0.274. The fourth-order valence-corrected chi connectivity index (χ4v) is 4.26. The molecule has 0 unspecified atom stereocenters. The van der Waals surface area contributed by atoms with E-state index in [0.717, 1.165) is 57.2 Å². The van der Waals surface area contributed by atoms with Crippen LogP contribution in [0.4, 0.5) is 17.3 Å². The topological polar surface area (TPSA) is 84.2 Å². The summed E-state index contributed by atoms with van der Waals surface area (Å²) in [6, 6.07) is 15.9. The molecule has 0 saturated carbocycles. The molecular formula is C28H32N8O.